The molecule has 1 N–H and O–H groups in total. The van der Waals surface area contributed by atoms with Crippen molar-refractivity contribution < 1.29 is 0 Å². The van der Waals surface area contributed by atoms with Gasteiger partial charge in [-0.1, -0.05) is 20.8 Å². The Bertz CT molecular complexity index is 861. The topological polar surface area (TPSA) is 66.8 Å². The molecule has 0 bridgehead atoms. The molecule has 4 heterocycles. The highest BCUT2D eigenvalue weighted by molar-refractivity contribution is 7.17. The van der Waals surface area contributed by atoms with E-state index in [0.29, 0.717) is 5.92 Å². The summed E-state index contributed by atoms with van der Waals surface area (Å²) in [5, 5.41) is 14.3. The summed E-state index contributed by atoms with van der Waals surface area (Å²) in [6.07, 6.45) is 1.62. The van der Waals surface area contributed by atoms with Gasteiger partial charge in [0.1, 0.15) is 12.1 Å². The third-order valence-electron chi connectivity index (χ3n) is 4.50. The molecule has 0 spiro atoms. The lowest BCUT2D eigenvalue weighted by Gasteiger charge is -2.40. The molecule has 7 heteroatoms. The minimum absolute atomic E-state index is 0.0393. The number of thiophene rings is 1. The van der Waals surface area contributed by atoms with Gasteiger partial charge in [-0.2, -0.15) is 5.10 Å². The van der Waals surface area contributed by atoms with Gasteiger partial charge in [0.15, 0.2) is 5.82 Å². The maximum absolute atomic E-state index is 4.39. The van der Waals surface area contributed by atoms with Crippen molar-refractivity contribution in [2.75, 3.05) is 29.9 Å². The van der Waals surface area contributed by atoms with Gasteiger partial charge in [-0.25, -0.2) is 9.97 Å². The van der Waals surface area contributed by atoms with Crippen LogP contribution in [-0.4, -0.2) is 39.8 Å². The summed E-state index contributed by atoms with van der Waals surface area (Å²) in [6.45, 7) is 9.36. The highest BCUT2D eigenvalue weighted by Gasteiger charge is 2.28. The second-order valence-corrected chi connectivity index (χ2v) is 8.45. The van der Waals surface area contributed by atoms with Crippen molar-refractivity contribution in [1.82, 2.24) is 20.2 Å². The van der Waals surface area contributed by atoms with Crippen LogP contribution in [0.15, 0.2) is 29.9 Å². The number of anilines is 2. The van der Waals surface area contributed by atoms with Crippen LogP contribution in [-0.2, 0) is 5.41 Å². The minimum Gasteiger partial charge on any atom is -0.368 e. The number of rotatable bonds is 4. The molecule has 6 nitrogen and oxygen atoms in total. The molecule has 1 fully saturated rings. The lowest BCUT2D eigenvalue weighted by Crippen LogP contribution is -2.50. The Kier molecular flexibility index (Phi) is 4.03. The highest BCUT2D eigenvalue weighted by Crippen LogP contribution is 2.27. The quantitative estimate of drug-likeness (QED) is 0.775. The maximum Gasteiger partial charge on any atom is 0.151 e. The average Bonchev–Trinajstić information content (AvgIpc) is 3.02. The molecule has 0 aromatic carbocycles. The van der Waals surface area contributed by atoms with Crippen LogP contribution >= 0.6 is 11.3 Å². The molecule has 0 atom stereocenters. The summed E-state index contributed by atoms with van der Waals surface area (Å²) in [7, 11) is 0. The van der Waals surface area contributed by atoms with E-state index in [-0.39, 0.29) is 5.41 Å². The van der Waals surface area contributed by atoms with Gasteiger partial charge >= 0.3 is 0 Å². The minimum atomic E-state index is 0.0393. The zero-order valence-corrected chi connectivity index (χ0v) is 15.5. The molecule has 1 aliphatic rings. The molecule has 1 aliphatic heterocycles. The molecule has 3 aromatic rings. The molecule has 0 unspecified atom stereocenters. The van der Waals surface area contributed by atoms with Crippen LogP contribution < -0.4 is 10.2 Å². The first-order valence-electron chi connectivity index (χ1n) is 8.52. The Morgan fingerprint density at radius 3 is 2.72 bits per heavy atom. The molecule has 3 aromatic heterocycles. The van der Waals surface area contributed by atoms with Crippen LogP contribution in [0.5, 0.6) is 0 Å². The van der Waals surface area contributed by atoms with Crippen molar-refractivity contribution in [2.24, 2.45) is 5.92 Å². The fourth-order valence-corrected chi connectivity index (χ4v) is 3.75. The summed E-state index contributed by atoms with van der Waals surface area (Å²) in [5.41, 5.74) is 2.07. The van der Waals surface area contributed by atoms with Crippen LogP contribution in [0, 0.1) is 5.92 Å². The van der Waals surface area contributed by atoms with E-state index in [2.05, 4.69) is 68.7 Å². The second-order valence-electron chi connectivity index (χ2n) is 7.54. The largest absolute Gasteiger partial charge is 0.368 e. The van der Waals surface area contributed by atoms with E-state index in [1.807, 2.05) is 6.07 Å². The summed E-state index contributed by atoms with van der Waals surface area (Å²) in [4.78, 5) is 10.9. The Hall–Kier alpha value is -2.28. The monoisotopic (exact) mass is 354 g/mol. The predicted molar refractivity (Wildman–Crippen MR) is 102 cm³/mol. The zero-order valence-electron chi connectivity index (χ0n) is 14.7. The molecular weight excluding hydrogens is 332 g/mol. The van der Waals surface area contributed by atoms with E-state index in [4.69, 9.17) is 0 Å². The number of nitrogens with zero attached hydrogens (tertiary/aromatic N) is 5. The van der Waals surface area contributed by atoms with Gasteiger partial charge in [0.05, 0.1) is 15.9 Å². The Morgan fingerprint density at radius 2 is 2.00 bits per heavy atom. The van der Waals surface area contributed by atoms with Gasteiger partial charge in [0, 0.05) is 31.0 Å². The van der Waals surface area contributed by atoms with Gasteiger partial charge in [0.25, 0.3) is 0 Å². The zero-order chi connectivity index (χ0) is 17.4. The summed E-state index contributed by atoms with van der Waals surface area (Å²) in [6, 6.07) is 6.19. The second kappa shape index (κ2) is 6.22. The van der Waals surface area contributed by atoms with Gasteiger partial charge < -0.3 is 10.2 Å². The van der Waals surface area contributed by atoms with Crippen molar-refractivity contribution in [3.63, 3.8) is 0 Å². The van der Waals surface area contributed by atoms with Crippen molar-refractivity contribution in [2.45, 2.75) is 26.2 Å². The summed E-state index contributed by atoms with van der Waals surface area (Å²) in [5.74, 6) is 2.49. The highest BCUT2D eigenvalue weighted by atomic mass is 32.1. The molecule has 4 rings (SSSR count). The van der Waals surface area contributed by atoms with Crippen LogP contribution in [0.2, 0.25) is 0 Å². The molecule has 130 valence electrons. The van der Waals surface area contributed by atoms with Crippen LogP contribution in [0.25, 0.3) is 10.2 Å². The van der Waals surface area contributed by atoms with Crippen LogP contribution in [0.1, 0.15) is 26.5 Å². The average molecular weight is 354 g/mol. The van der Waals surface area contributed by atoms with E-state index in [1.54, 1.807) is 17.7 Å². The molecule has 0 amide bonds. The lowest BCUT2D eigenvalue weighted by atomic mass is 9.92. The Morgan fingerprint density at radius 1 is 1.16 bits per heavy atom. The standard InChI is InChI=1S/C18H22N6S/c1-18(2,3)14-4-5-15(23-22-14)24-9-12(10-24)8-19-17-16-13(6-7-25-16)20-11-21-17/h4-7,11-12H,8-10H2,1-3H3,(H,19,20,21). The maximum atomic E-state index is 4.39. The van der Waals surface area contributed by atoms with E-state index < -0.39 is 0 Å². The van der Waals surface area contributed by atoms with E-state index in [0.717, 1.165) is 47.2 Å². The first-order valence-corrected chi connectivity index (χ1v) is 9.40. The molecule has 1 saturated heterocycles. The first kappa shape index (κ1) is 16.2. The molecule has 0 radical (unpaired) electrons. The Balaban J connectivity index is 1.33. The van der Waals surface area contributed by atoms with Crippen molar-refractivity contribution >= 4 is 33.2 Å². The van der Waals surface area contributed by atoms with E-state index in [9.17, 15) is 0 Å². The van der Waals surface area contributed by atoms with Crippen LogP contribution in [0.3, 0.4) is 0 Å². The summed E-state index contributed by atoms with van der Waals surface area (Å²) >= 11 is 1.68. The number of hydrogen-bond acceptors (Lipinski definition) is 7. The summed E-state index contributed by atoms with van der Waals surface area (Å²) < 4.78 is 1.13. The predicted octanol–water partition coefficient (Wildman–Crippen LogP) is 3.33. The van der Waals surface area contributed by atoms with Crippen molar-refractivity contribution in [3.05, 3.63) is 35.6 Å². The first-order chi connectivity index (χ1) is 12.0. The SMILES string of the molecule is CC(C)(C)c1ccc(N2CC(CNc3ncnc4ccsc34)C2)nn1. The molecular formula is C18H22N6S. The fraction of sp³-hybridized carbons (Fsp3) is 0.444. The third kappa shape index (κ3) is 3.28. The van der Waals surface area contributed by atoms with E-state index >= 15 is 0 Å². The van der Waals surface area contributed by atoms with E-state index in [1.165, 1.54) is 0 Å². The number of aromatic nitrogens is 4. The number of fused-ring (bicyclic) bond motifs is 1. The smallest absolute Gasteiger partial charge is 0.151 e. The van der Waals surface area contributed by atoms with Crippen LogP contribution in [0.4, 0.5) is 11.6 Å². The van der Waals surface area contributed by atoms with Crippen molar-refractivity contribution in [3.8, 4) is 0 Å². The molecule has 25 heavy (non-hydrogen) atoms. The number of nitrogens with one attached hydrogen (secondary N) is 1. The Labute approximate surface area is 151 Å². The normalized spacial score (nSPS) is 15.4. The molecule has 0 saturated carbocycles. The number of hydrogen-bond donors (Lipinski definition) is 1. The van der Waals surface area contributed by atoms with Gasteiger partial charge in [0.2, 0.25) is 0 Å². The van der Waals surface area contributed by atoms with Gasteiger partial charge in [-0.3, -0.25) is 0 Å². The fourth-order valence-electron chi connectivity index (χ4n) is 2.94. The molecule has 0 aliphatic carbocycles. The van der Waals surface area contributed by atoms with Gasteiger partial charge in [-0.05, 0) is 23.6 Å². The lowest BCUT2D eigenvalue weighted by molar-refractivity contribution is 0.424. The third-order valence-corrected chi connectivity index (χ3v) is 5.41. The van der Waals surface area contributed by atoms with Crippen molar-refractivity contribution in [1.29, 1.82) is 0 Å². The van der Waals surface area contributed by atoms with Gasteiger partial charge in [-0.15, -0.1) is 16.4 Å².